The molecule has 0 unspecified atom stereocenters. The Kier molecular flexibility index (Phi) is 3.52. The first kappa shape index (κ1) is 12.6. The maximum atomic E-state index is 13.4. The molecule has 0 spiro atoms. The van der Waals surface area contributed by atoms with E-state index in [1.165, 1.54) is 30.7 Å². The van der Waals surface area contributed by atoms with E-state index in [-0.39, 0.29) is 5.82 Å². The van der Waals surface area contributed by atoms with E-state index in [2.05, 4.69) is 20.5 Å². The van der Waals surface area contributed by atoms with Crippen LogP contribution in [-0.4, -0.2) is 21.2 Å². The van der Waals surface area contributed by atoms with Gasteiger partial charge in [0.05, 0.1) is 0 Å². The van der Waals surface area contributed by atoms with Gasteiger partial charge in [0.25, 0.3) is 0 Å². The van der Waals surface area contributed by atoms with E-state index in [9.17, 15) is 4.39 Å². The highest BCUT2D eigenvalue weighted by atomic mass is 32.2. The van der Waals surface area contributed by atoms with E-state index in [1.807, 2.05) is 6.92 Å². The number of halogens is 1. The van der Waals surface area contributed by atoms with Gasteiger partial charge >= 0.3 is 0 Å². The molecule has 6 heteroatoms. The van der Waals surface area contributed by atoms with Crippen molar-refractivity contribution in [1.82, 2.24) is 20.5 Å². The predicted molar refractivity (Wildman–Crippen MR) is 71.5 cm³/mol. The molecule has 2 N–H and O–H groups in total. The zero-order chi connectivity index (χ0) is 13.2. The highest BCUT2D eigenvalue weighted by Crippen LogP contribution is 2.29. The fourth-order valence-electron chi connectivity index (χ4n) is 1.79. The smallest absolute Gasteiger partial charge is 0.213 e. The van der Waals surface area contributed by atoms with Gasteiger partial charge in [0.1, 0.15) is 11.6 Å². The molecule has 1 fully saturated rings. The molecule has 1 aromatic carbocycles. The van der Waals surface area contributed by atoms with Crippen molar-refractivity contribution in [3.63, 3.8) is 0 Å². The SMILES string of the molecule is Cc1nc(Sc2ccc(F)cc2CNC2CC2)n[nH]1. The monoisotopic (exact) mass is 278 g/mol. The van der Waals surface area contributed by atoms with Crippen molar-refractivity contribution in [3.8, 4) is 0 Å². The number of H-pyrrole nitrogens is 1. The summed E-state index contributed by atoms with van der Waals surface area (Å²) in [7, 11) is 0. The van der Waals surface area contributed by atoms with Crippen LogP contribution in [0.2, 0.25) is 0 Å². The van der Waals surface area contributed by atoms with Gasteiger partial charge in [0.2, 0.25) is 5.16 Å². The third-order valence-electron chi connectivity index (χ3n) is 2.96. The van der Waals surface area contributed by atoms with Crippen LogP contribution in [0.1, 0.15) is 24.2 Å². The van der Waals surface area contributed by atoms with Gasteiger partial charge in [-0.05, 0) is 55.3 Å². The number of nitrogens with zero attached hydrogens (tertiary/aromatic N) is 2. The zero-order valence-electron chi connectivity index (χ0n) is 10.6. The number of hydrogen-bond donors (Lipinski definition) is 2. The van der Waals surface area contributed by atoms with Gasteiger partial charge in [-0.1, -0.05) is 0 Å². The number of aryl methyl sites for hydroxylation is 1. The summed E-state index contributed by atoms with van der Waals surface area (Å²) in [6, 6.07) is 5.45. The number of aromatic nitrogens is 3. The molecule has 0 bridgehead atoms. The Bertz CT molecular complexity index is 580. The number of benzene rings is 1. The first-order chi connectivity index (χ1) is 9.20. The maximum Gasteiger partial charge on any atom is 0.213 e. The van der Waals surface area contributed by atoms with E-state index in [0.717, 1.165) is 16.3 Å². The van der Waals surface area contributed by atoms with E-state index < -0.39 is 0 Å². The van der Waals surface area contributed by atoms with Crippen LogP contribution in [0.5, 0.6) is 0 Å². The van der Waals surface area contributed by atoms with Crippen molar-refractivity contribution in [2.24, 2.45) is 0 Å². The maximum absolute atomic E-state index is 13.4. The Morgan fingerprint density at radius 3 is 3.00 bits per heavy atom. The minimum atomic E-state index is -0.205. The molecule has 0 saturated heterocycles. The molecule has 2 aromatic rings. The molecule has 0 aliphatic heterocycles. The van der Waals surface area contributed by atoms with Crippen molar-refractivity contribution >= 4 is 11.8 Å². The van der Waals surface area contributed by atoms with Crippen LogP contribution in [0.3, 0.4) is 0 Å². The fraction of sp³-hybridized carbons (Fsp3) is 0.385. The van der Waals surface area contributed by atoms with Gasteiger partial charge in [0.15, 0.2) is 0 Å². The number of hydrogen-bond acceptors (Lipinski definition) is 4. The summed E-state index contributed by atoms with van der Waals surface area (Å²) in [6.07, 6.45) is 2.44. The molecule has 1 heterocycles. The molecule has 100 valence electrons. The molecule has 1 saturated carbocycles. The second kappa shape index (κ2) is 5.30. The predicted octanol–water partition coefficient (Wildman–Crippen LogP) is 2.66. The van der Waals surface area contributed by atoms with Crippen LogP contribution in [-0.2, 0) is 6.54 Å². The minimum Gasteiger partial charge on any atom is -0.310 e. The average molecular weight is 278 g/mol. The van der Waals surface area contributed by atoms with E-state index in [1.54, 1.807) is 12.1 Å². The van der Waals surface area contributed by atoms with Crippen molar-refractivity contribution < 1.29 is 4.39 Å². The second-order valence-corrected chi connectivity index (χ2v) is 5.72. The molecule has 0 atom stereocenters. The molecule has 3 rings (SSSR count). The largest absolute Gasteiger partial charge is 0.310 e. The standard InChI is InChI=1S/C13H15FN4S/c1-8-16-13(18-17-8)19-12-5-2-10(14)6-9(12)7-15-11-3-4-11/h2,5-6,11,15H,3-4,7H2,1H3,(H,16,17,18). The van der Waals surface area contributed by atoms with Crippen molar-refractivity contribution in [1.29, 1.82) is 0 Å². The highest BCUT2D eigenvalue weighted by Gasteiger charge is 2.20. The normalized spacial score (nSPS) is 14.8. The van der Waals surface area contributed by atoms with E-state index >= 15 is 0 Å². The van der Waals surface area contributed by atoms with Gasteiger partial charge in [-0.15, -0.1) is 5.10 Å². The van der Waals surface area contributed by atoms with Crippen LogP contribution >= 0.6 is 11.8 Å². The summed E-state index contributed by atoms with van der Waals surface area (Å²) in [4.78, 5) is 5.25. The lowest BCUT2D eigenvalue weighted by atomic mass is 10.2. The molecule has 4 nitrogen and oxygen atoms in total. The van der Waals surface area contributed by atoms with Crippen molar-refractivity contribution in [2.45, 2.75) is 42.4 Å². The highest BCUT2D eigenvalue weighted by molar-refractivity contribution is 7.99. The third-order valence-corrected chi connectivity index (χ3v) is 3.94. The third kappa shape index (κ3) is 3.33. The molecule has 1 aromatic heterocycles. The van der Waals surface area contributed by atoms with E-state index in [4.69, 9.17) is 0 Å². The van der Waals surface area contributed by atoms with Crippen LogP contribution in [0.25, 0.3) is 0 Å². The summed E-state index contributed by atoms with van der Waals surface area (Å²) in [5.74, 6) is 0.574. The topological polar surface area (TPSA) is 53.6 Å². The van der Waals surface area contributed by atoms with Gasteiger partial charge in [0, 0.05) is 17.5 Å². The number of rotatable bonds is 5. The Labute approximate surface area is 115 Å². The number of nitrogens with one attached hydrogen (secondary N) is 2. The summed E-state index contributed by atoms with van der Waals surface area (Å²) in [6.45, 7) is 2.55. The van der Waals surface area contributed by atoms with Gasteiger partial charge in [-0.3, -0.25) is 5.10 Å². The molecule has 19 heavy (non-hydrogen) atoms. The molecule has 0 amide bonds. The zero-order valence-corrected chi connectivity index (χ0v) is 11.4. The summed E-state index contributed by atoms with van der Waals surface area (Å²) >= 11 is 1.46. The number of aromatic amines is 1. The minimum absolute atomic E-state index is 0.205. The van der Waals surface area contributed by atoms with Gasteiger partial charge in [-0.25, -0.2) is 9.37 Å². The average Bonchev–Trinajstić information content (AvgIpc) is 3.13. The Hall–Kier alpha value is -1.40. The quantitative estimate of drug-likeness (QED) is 0.883. The lowest BCUT2D eigenvalue weighted by Gasteiger charge is -2.08. The summed E-state index contributed by atoms with van der Waals surface area (Å²) < 4.78 is 13.4. The Morgan fingerprint density at radius 2 is 2.32 bits per heavy atom. The Balaban J connectivity index is 1.77. The lowest BCUT2D eigenvalue weighted by molar-refractivity contribution is 0.616. The molecule has 0 radical (unpaired) electrons. The molecule has 1 aliphatic rings. The first-order valence-corrected chi connectivity index (χ1v) is 7.11. The molecule has 1 aliphatic carbocycles. The molecular formula is C13H15FN4S. The van der Waals surface area contributed by atoms with Gasteiger partial charge < -0.3 is 5.32 Å². The van der Waals surface area contributed by atoms with Crippen molar-refractivity contribution in [3.05, 3.63) is 35.4 Å². The molecular weight excluding hydrogens is 263 g/mol. The van der Waals surface area contributed by atoms with Crippen LogP contribution < -0.4 is 5.32 Å². The second-order valence-electron chi connectivity index (χ2n) is 4.71. The van der Waals surface area contributed by atoms with Crippen molar-refractivity contribution in [2.75, 3.05) is 0 Å². The van der Waals surface area contributed by atoms with E-state index in [0.29, 0.717) is 17.7 Å². The van der Waals surface area contributed by atoms with Gasteiger partial charge in [-0.2, -0.15) is 0 Å². The first-order valence-electron chi connectivity index (χ1n) is 6.29. The van der Waals surface area contributed by atoms with Crippen LogP contribution in [0.15, 0.2) is 28.3 Å². The fourth-order valence-corrected chi connectivity index (χ4v) is 2.66. The van der Waals surface area contributed by atoms with Crippen LogP contribution in [0.4, 0.5) is 4.39 Å². The lowest BCUT2D eigenvalue weighted by Crippen LogP contribution is -2.16. The Morgan fingerprint density at radius 1 is 1.47 bits per heavy atom. The summed E-state index contributed by atoms with van der Waals surface area (Å²) in [5, 5.41) is 11.0. The summed E-state index contributed by atoms with van der Waals surface area (Å²) in [5.41, 5.74) is 0.958. The van der Waals surface area contributed by atoms with Crippen LogP contribution in [0, 0.1) is 12.7 Å².